The predicted molar refractivity (Wildman–Crippen MR) is 96.6 cm³/mol. The minimum Gasteiger partial charge on any atom is -0.497 e. The molecule has 1 saturated carbocycles. The van der Waals surface area contributed by atoms with Gasteiger partial charge in [0, 0.05) is 6.42 Å². The number of hydrogen-bond donors (Lipinski definition) is 1. The highest BCUT2D eigenvalue weighted by Crippen LogP contribution is 2.68. The van der Waals surface area contributed by atoms with E-state index in [2.05, 4.69) is 18.2 Å². The van der Waals surface area contributed by atoms with Gasteiger partial charge in [0.05, 0.1) is 31.2 Å². The van der Waals surface area contributed by atoms with E-state index in [4.69, 9.17) is 19.6 Å². The van der Waals surface area contributed by atoms with E-state index in [0.29, 0.717) is 24.2 Å². The molecule has 0 spiro atoms. The summed E-state index contributed by atoms with van der Waals surface area (Å²) < 4.78 is 17.5. The third-order valence-corrected chi connectivity index (χ3v) is 6.48. The lowest BCUT2D eigenvalue weighted by Gasteiger charge is -2.49. The smallest absolute Gasteiger partial charge is 0.217 e. The second kappa shape index (κ2) is 6.23. The van der Waals surface area contributed by atoms with Gasteiger partial charge in [-0.1, -0.05) is 25.0 Å². The van der Waals surface area contributed by atoms with Gasteiger partial charge in [0.2, 0.25) is 17.1 Å². The van der Waals surface area contributed by atoms with Gasteiger partial charge in [-0.2, -0.15) is 15.8 Å². The lowest BCUT2D eigenvalue weighted by atomic mass is 9.52. The number of rotatable bonds is 2. The molecule has 2 aliphatic heterocycles. The summed E-state index contributed by atoms with van der Waals surface area (Å²) in [4.78, 5) is 0. The van der Waals surface area contributed by atoms with Gasteiger partial charge in [-0.25, -0.2) is 0 Å². The third kappa shape index (κ3) is 2.02. The fourth-order valence-electron chi connectivity index (χ4n) is 5.12. The summed E-state index contributed by atoms with van der Waals surface area (Å²) in [5.74, 6) is -1.35. The minimum absolute atomic E-state index is 0.319. The minimum atomic E-state index is -1.89. The Labute approximate surface area is 163 Å². The lowest BCUT2D eigenvalue weighted by molar-refractivity contribution is -0.284. The molecule has 1 aromatic carbocycles. The first kappa shape index (κ1) is 18.3. The maximum absolute atomic E-state index is 10.3. The van der Waals surface area contributed by atoms with E-state index in [-0.39, 0.29) is 5.90 Å². The number of ether oxygens (including phenoxy) is 3. The molecule has 0 amide bonds. The Morgan fingerprint density at radius 3 is 2.39 bits per heavy atom. The second-order valence-electron chi connectivity index (χ2n) is 7.62. The van der Waals surface area contributed by atoms with Gasteiger partial charge < -0.3 is 14.2 Å². The monoisotopic (exact) mass is 376 g/mol. The summed E-state index contributed by atoms with van der Waals surface area (Å²) in [5, 5.41) is 39.2. The molecular weight excluding hydrogens is 356 g/mol. The molecule has 4 atom stereocenters. The zero-order valence-corrected chi connectivity index (χ0v) is 15.6. The third-order valence-electron chi connectivity index (χ3n) is 6.48. The van der Waals surface area contributed by atoms with Crippen LogP contribution in [-0.2, 0) is 9.47 Å². The van der Waals surface area contributed by atoms with Crippen molar-refractivity contribution >= 4 is 5.90 Å². The summed E-state index contributed by atoms with van der Waals surface area (Å²) in [5.41, 5.74) is -2.96. The topological polar surface area (TPSA) is 123 Å². The molecule has 0 unspecified atom stereocenters. The number of nitrogens with zero attached hydrogens (tertiary/aromatic N) is 3. The molecule has 7 nitrogen and oxygen atoms in total. The van der Waals surface area contributed by atoms with Crippen LogP contribution < -0.4 is 4.74 Å². The van der Waals surface area contributed by atoms with Crippen molar-refractivity contribution in [3.63, 3.8) is 0 Å². The number of benzene rings is 1. The molecule has 1 aliphatic carbocycles. The fourth-order valence-corrected chi connectivity index (χ4v) is 5.12. The molecular formula is C21H20N4O3. The Hall–Kier alpha value is -3.08. The molecule has 3 fully saturated rings. The first-order valence-corrected chi connectivity index (χ1v) is 9.37. The Kier molecular flexibility index (Phi) is 4.07. The quantitative estimate of drug-likeness (QED) is 0.841. The van der Waals surface area contributed by atoms with Gasteiger partial charge in [0.1, 0.15) is 11.9 Å². The number of methoxy groups -OCH3 is 1. The van der Waals surface area contributed by atoms with Crippen molar-refractivity contribution in [1.29, 1.82) is 21.2 Å². The lowest BCUT2D eigenvalue weighted by Crippen LogP contribution is -2.59. The first-order valence-electron chi connectivity index (χ1n) is 9.37. The molecule has 142 valence electrons. The SMILES string of the molecule is COc1ccc([C@@H]2O[C@@]34CCCCC[C@H]3[C@@](C#N)(C(=N)O4)C2(C#N)C#N)cc1. The van der Waals surface area contributed by atoms with Crippen LogP contribution in [0.2, 0.25) is 0 Å². The van der Waals surface area contributed by atoms with Crippen LogP contribution in [0.3, 0.4) is 0 Å². The molecule has 7 heteroatoms. The molecule has 0 radical (unpaired) electrons. The zero-order valence-electron chi connectivity index (χ0n) is 15.6. The van der Waals surface area contributed by atoms with E-state index in [9.17, 15) is 15.8 Å². The van der Waals surface area contributed by atoms with E-state index in [0.717, 1.165) is 19.3 Å². The Morgan fingerprint density at radius 1 is 1.07 bits per heavy atom. The van der Waals surface area contributed by atoms with Crippen LogP contribution in [-0.4, -0.2) is 18.8 Å². The summed E-state index contributed by atoms with van der Waals surface area (Å²) in [7, 11) is 1.55. The van der Waals surface area contributed by atoms with Crippen LogP contribution in [0.5, 0.6) is 5.75 Å². The summed E-state index contributed by atoms with van der Waals surface area (Å²) in [6, 6.07) is 13.3. The van der Waals surface area contributed by atoms with Crippen molar-refractivity contribution in [2.45, 2.75) is 44.0 Å². The second-order valence-corrected chi connectivity index (χ2v) is 7.62. The summed E-state index contributed by atoms with van der Waals surface area (Å²) in [6.07, 6.45) is 2.74. The van der Waals surface area contributed by atoms with Crippen LogP contribution in [0.15, 0.2) is 24.3 Å². The van der Waals surface area contributed by atoms with Gasteiger partial charge >= 0.3 is 0 Å². The largest absolute Gasteiger partial charge is 0.497 e. The van der Waals surface area contributed by atoms with E-state index in [1.54, 1.807) is 31.4 Å². The molecule has 2 bridgehead atoms. The van der Waals surface area contributed by atoms with Crippen molar-refractivity contribution in [2.75, 3.05) is 7.11 Å². The Bertz CT molecular complexity index is 924. The molecule has 2 heterocycles. The highest BCUT2D eigenvalue weighted by molar-refractivity contribution is 5.89. The van der Waals surface area contributed by atoms with Gasteiger partial charge in [-0.3, -0.25) is 5.41 Å². The Morgan fingerprint density at radius 2 is 1.79 bits per heavy atom. The van der Waals surface area contributed by atoms with Gasteiger partial charge in [0.15, 0.2) is 5.41 Å². The Balaban J connectivity index is 1.96. The molecule has 1 N–H and O–H groups in total. The van der Waals surface area contributed by atoms with E-state index in [1.807, 2.05) is 0 Å². The fraction of sp³-hybridized carbons (Fsp3) is 0.524. The molecule has 2 saturated heterocycles. The average Bonchev–Trinajstić information content (AvgIpc) is 2.86. The number of nitrogens with one attached hydrogen (secondary N) is 1. The molecule has 3 aliphatic rings. The first-order chi connectivity index (χ1) is 13.5. The van der Waals surface area contributed by atoms with E-state index < -0.39 is 28.6 Å². The van der Waals surface area contributed by atoms with Crippen molar-refractivity contribution in [3.05, 3.63) is 29.8 Å². The normalized spacial score (nSPS) is 35.3. The van der Waals surface area contributed by atoms with Crippen molar-refractivity contribution < 1.29 is 14.2 Å². The van der Waals surface area contributed by atoms with Gasteiger partial charge in [-0.05, 0) is 30.5 Å². The number of nitriles is 3. The highest BCUT2D eigenvalue weighted by atomic mass is 16.7. The van der Waals surface area contributed by atoms with Crippen LogP contribution in [0, 0.1) is 56.2 Å². The van der Waals surface area contributed by atoms with E-state index >= 15 is 0 Å². The average molecular weight is 376 g/mol. The molecule has 4 rings (SSSR count). The van der Waals surface area contributed by atoms with Crippen molar-refractivity contribution in [1.82, 2.24) is 0 Å². The zero-order chi connectivity index (χ0) is 20.0. The predicted octanol–water partition coefficient (Wildman–Crippen LogP) is 3.59. The molecule has 0 aromatic heterocycles. The maximum atomic E-state index is 10.3. The van der Waals surface area contributed by atoms with Crippen molar-refractivity contribution in [2.24, 2.45) is 16.7 Å². The maximum Gasteiger partial charge on any atom is 0.217 e. The highest BCUT2D eigenvalue weighted by Gasteiger charge is 2.80. The summed E-state index contributed by atoms with van der Waals surface area (Å²) >= 11 is 0. The molecule has 1 aromatic rings. The van der Waals surface area contributed by atoms with Crippen LogP contribution in [0.25, 0.3) is 0 Å². The summed E-state index contributed by atoms with van der Waals surface area (Å²) in [6.45, 7) is 0. The number of hydrogen-bond acceptors (Lipinski definition) is 7. The van der Waals surface area contributed by atoms with Crippen LogP contribution >= 0.6 is 0 Å². The van der Waals surface area contributed by atoms with E-state index in [1.165, 1.54) is 0 Å². The van der Waals surface area contributed by atoms with Crippen molar-refractivity contribution in [3.8, 4) is 24.0 Å². The van der Waals surface area contributed by atoms with Gasteiger partial charge in [0.25, 0.3) is 0 Å². The van der Waals surface area contributed by atoms with Crippen LogP contribution in [0.1, 0.15) is 43.8 Å². The van der Waals surface area contributed by atoms with Gasteiger partial charge in [-0.15, -0.1) is 0 Å². The molecule has 28 heavy (non-hydrogen) atoms. The van der Waals surface area contributed by atoms with Crippen LogP contribution in [0.4, 0.5) is 0 Å². The standard InChI is InChI=1S/C21H20N4O3/c1-26-15-8-6-14(7-9-15)17-19(11-22,12-23)20(13-24)16-5-3-2-4-10-21(16,27-17)28-18(20)25/h6-9,16-17,25H,2-5,10H2,1H3/t16-,17-,20-,21+/m0/s1.